The molecule has 84 valence electrons. The van der Waals surface area contributed by atoms with Gasteiger partial charge in [0.25, 0.3) is 0 Å². The van der Waals surface area contributed by atoms with E-state index in [1.165, 1.54) is 4.90 Å². The van der Waals surface area contributed by atoms with Gasteiger partial charge >= 0.3 is 0 Å². The first kappa shape index (κ1) is 12.4. The van der Waals surface area contributed by atoms with Crippen LogP contribution >= 0.6 is 11.8 Å². The van der Waals surface area contributed by atoms with Crippen LogP contribution in [0.15, 0.2) is 29.2 Å². The minimum absolute atomic E-state index is 0.190. The minimum atomic E-state index is 0.190. The molecule has 0 fully saturated rings. The summed E-state index contributed by atoms with van der Waals surface area (Å²) in [6.07, 6.45) is 0. The van der Waals surface area contributed by atoms with Crippen molar-refractivity contribution < 1.29 is 0 Å². The Bertz CT molecular complexity index is 280. The molecule has 0 radical (unpaired) electrons. The predicted molar refractivity (Wildman–Crippen MR) is 69.6 cm³/mol. The second kappa shape index (κ2) is 6.03. The van der Waals surface area contributed by atoms with Crippen molar-refractivity contribution in [1.82, 2.24) is 0 Å². The molecule has 2 nitrogen and oxygen atoms in total. The van der Waals surface area contributed by atoms with Crippen LogP contribution in [-0.4, -0.2) is 17.8 Å². The maximum Gasteiger partial charge on any atom is 0.0341 e. The Hall–Kier alpha value is -0.670. The van der Waals surface area contributed by atoms with Crippen LogP contribution in [0.3, 0.4) is 0 Å². The number of nitrogens with one attached hydrogen (secondary N) is 1. The highest BCUT2D eigenvalue weighted by Crippen LogP contribution is 2.23. The second-order valence-corrected chi connectivity index (χ2v) is 5.70. The quantitative estimate of drug-likeness (QED) is 0.755. The number of benzene rings is 1. The summed E-state index contributed by atoms with van der Waals surface area (Å²) in [6, 6.07) is 8.69. The van der Waals surface area contributed by atoms with Gasteiger partial charge in [0, 0.05) is 28.4 Å². The molecule has 15 heavy (non-hydrogen) atoms. The van der Waals surface area contributed by atoms with E-state index in [0.29, 0.717) is 5.25 Å². The molecule has 1 aromatic carbocycles. The van der Waals surface area contributed by atoms with E-state index in [9.17, 15) is 0 Å². The van der Waals surface area contributed by atoms with Crippen LogP contribution < -0.4 is 11.1 Å². The van der Waals surface area contributed by atoms with Crippen LogP contribution in [-0.2, 0) is 0 Å². The van der Waals surface area contributed by atoms with Gasteiger partial charge in [0.15, 0.2) is 0 Å². The molecule has 1 atom stereocenters. The molecule has 0 heterocycles. The third-order valence-electron chi connectivity index (χ3n) is 1.85. The number of hydrogen-bond donors (Lipinski definition) is 2. The zero-order valence-electron chi connectivity index (χ0n) is 9.66. The summed E-state index contributed by atoms with van der Waals surface area (Å²) >= 11 is 1.88. The molecule has 0 spiro atoms. The molecule has 0 aliphatic heterocycles. The van der Waals surface area contributed by atoms with Crippen molar-refractivity contribution in [2.24, 2.45) is 5.73 Å². The van der Waals surface area contributed by atoms with Crippen LogP contribution in [0, 0.1) is 0 Å². The molecule has 3 heteroatoms. The lowest BCUT2D eigenvalue weighted by molar-refractivity contribution is 0.780. The Balaban J connectivity index is 2.49. The number of rotatable bonds is 5. The number of anilines is 1. The molecule has 0 aliphatic carbocycles. The first-order chi connectivity index (χ1) is 7.08. The van der Waals surface area contributed by atoms with Crippen LogP contribution in [0.2, 0.25) is 0 Å². The van der Waals surface area contributed by atoms with Crippen molar-refractivity contribution >= 4 is 17.4 Å². The summed E-state index contributed by atoms with van der Waals surface area (Å²) in [7, 11) is 0. The van der Waals surface area contributed by atoms with E-state index < -0.39 is 0 Å². The van der Waals surface area contributed by atoms with E-state index in [2.05, 4.69) is 43.4 Å². The Morgan fingerprint density at radius 2 is 1.80 bits per heavy atom. The summed E-state index contributed by atoms with van der Waals surface area (Å²) in [5.41, 5.74) is 6.81. The van der Waals surface area contributed by atoms with Gasteiger partial charge in [-0.2, -0.15) is 0 Å². The molecular formula is C12H20N2S. The van der Waals surface area contributed by atoms with E-state index in [1.54, 1.807) is 0 Å². The van der Waals surface area contributed by atoms with Gasteiger partial charge in [-0.05, 0) is 31.2 Å². The number of thioether (sulfide) groups is 1. The van der Waals surface area contributed by atoms with E-state index in [0.717, 1.165) is 12.2 Å². The Kier molecular flexibility index (Phi) is 4.99. The monoisotopic (exact) mass is 224 g/mol. The maximum atomic E-state index is 5.67. The smallest absolute Gasteiger partial charge is 0.0341 e. The molecule has 0 saturated heterocycles. The van der Waals surface area contributed by atoms with Crippen molar-refractivity contribution in [2.45, 2.75) is 37.0 Å². The average Bonchev–Trinajstić information content (AvgIpc) is 2.16. The fraction of sp³-hybridized carbons (Fsp3) is 0.500. The summed E-state index contributed by atoms with van der Waals surface area (Å²) in [6.45, 7) is 7.21. The topological polar surface area (TPSA) is 38.0 Å². The molecule has 0 saturated carbocycles. The predicted octanol–water partition coefficient (Wildman–Crippen LogP) is 2.95. The van der Waals surface area contributed by atoms with Gasteiger partial charge in [-0.3, -0.25) is 0 Å². The van der Waals surface area contributed by atoms with Crippen LogP contribution in [0.25, 0.3) is 0 Å². The van der Waals surface area contributed by atoms with Crippen molar-refractivity contribution in [2.75, 3.05) is 11.9 Å². The first-order valence-electron chi connectivity index (χ1n) is 5.34. The molecule has 3 N–H and O–H groups in total. The zero-order valence-corrected chi connectivity index (χ0v) is 10.5. The molecule has 1 rings (SSSR count). The summed E-state index contributed by atoms with van der Waals surface area (Å²) in [4.78, 5) is 1.32. The van der Waals surface area contributed by atoms with E-state index in [1.807, 2.05) is 18.7 Å². The lowest BCUT2D eigenvalue weighted by atomic mass is 10.3. The van der Waals surface area contributed by atoms with Crippen molar-refractivity contribution in [3.63, 3.8) is 0 Å². The lowest BCUT2D eigenvalue weighted by Gasteiger charge is -2.10. The average molecular weight is 224 g/mol. The Labute approximate surface area is 96.6 Å². The Morgan fingerprint density at radius 1 is 1.20 bits per heavy atom. The van der Waals surface area contributed by atoms with Crippen LogP contribution in [0.4, 0.5) is 5.69 Å². The fourth-order valence-electron chi connectivity index (χ4n) is 1.20. The normalized spacial score (nSPS) is 12.9. The van der Waals surface area contributed by atoms with Gasteiger partial charge in [0.05, 0.1) is 0 Å². The van der Waals surface area contributed by atoms with Gasteiger partial charge < -0.3 is 11.1 Å². The summed E-state index contributed by atoms with van der Waals surface area (Å²) in [5, 5.41) is 3.92. The zero-order chi connectivity index (χ0) is 11.3. The Morgan fingerprint density at radius 3 is 2.27 bits per heavy atom. The molecule has 1 unspecified atom stereocenters. The largest absolute Gasteiger partial charge is 0.383 e. The fourth-order valence-corrected chi connectivity index (χ4v) is 2.04. The van der Waals surface area contributed by atoms with E-state index in [4.69, 9.17) is 5.73 Å². The van der Waals surface area contributed by atoms with Gasteiger partial charge in [0.2, 0.25) is 0 Å². The number of nitrogens with two attached hydrogens (primary N) is 1. The highest BCUT2D eigenvalue weighted by Gasteiger charge is 1.99. The minimum Gasteiger partial charge on any atom is -0.383 e. The van der Waals surface area contributed by atoms with E-state index >= 15 is 0 Å². The first-order valence-corrected chi connectivity index (χ1v) is 6.22. The van der Waals surface area contributed by atoms with Crippen LogP contribution in [0.5, 0.6) is 0 Å². The third kappa shape index (κ3) is 5.09. The van der Waals surface area contributed by atoms with Crippen LogP contribution in [0.1, 0.15) is 20.8 Å². The SMILES string of the molecule is CC(N)CNc1ccc(SC(C)C)cc1. The van der Waals surface area contributed by atoms with Crippen molar-refractivity contribution in [3.05, 3.63) is 24.3 Å². The van der Waals surface area contributed by atoms with E-state index in [-0.39, 0.29) is 6.04 Å². The highest BCUT2D eigenvalue weighted by atomic mass is 32.2. The van der Waals surface area contributed by atoms with Crippen molar-refractivity contribution in [3.8, 4) is 0 Å². The molecule has 0 aliphatic rings. The molecule has 1 aromatic rings. The highest BCUT2D eigenvalue weighted by molar-refractivity contribution is 7.99. The summed E-state index contributed by atoms with van der Waals surface area (Å²) in [5.74, 6) is 0. The van der Waals surface area contributed by atoms with Gasteiger partial charge in [-0.25, -0.2) is 0 Å². The second-order valence-electron chi connectivity index (χ2n) is 4.05. The summed E-state index contributed by atoms with van der Waals surface area (Å²) < 4.78 is 0. The molecule has 0 aromatic heterocycles. The van der Waals surface area contributed by atoms with Gasteiger partial charge in [-0.1, -0.05) is 13.8 Å². The molecule has 0 bridgehead atoms. The van der Waals surface area contributed by atoms with Gasteiger partial charge in [-0.15, -0.1) is 11.8 Å². The number of hydrogen-bond acceptors (Lipinski definition) is 3. The molecular weight excluding hydrogens is 204 g/mol. The lowest BCUT2D eigenvalue weighted by Crippen LogP contribution is -2.25. The third-order valence-corrected chi connectivity index (χ3v) is 2.87. The standard InChI is InChI=1S/C12H20N2S/c1-9(2)15-12-6-4-11(5-7-12)14-8-10(3)13/h4-7,9-10,14H,8,13H2,1-3H3. The maximum absolute atomic E-state index is 5.67. The van der Waals surface area contributed by atoms with Crippen molar-refractivity contribution in [1.29, 1.82) is 0 Å². The molecule has 0 amide bonds. The van der Waals surface area contributed by atoms with Gasteiger partial charge in [0.1, 0.15) is 0 Å².